The van der Waals surface area contributed by atoms with E-state index in [9.17, 15) is 14.7 Å². The highest BCUT2D eigenvalue weighted by molar-refractivity contribution is 5.80. The zero-order valence-corrected chi connectivity index (χ0v) is 15.4. The molecule has 1 N–H and O–H groups in total. The Morgan fingerprint density at radius 1 is 0.963 bits per heavy atom. The number of carbonyl (C=O) groups is 2. The molecule has 0 bridgehead atoms. The van der Waals surface area contributed by atoms with Gasteiger partial charge in [-0.25, -0.2) is 0 Å². The average molecular weight is 363 g/mol. The van der Waals surface area contributed by atoms with Crippen LogP contribution < -0.4 is 0 Å². The molecule has 27 heavy (non-hydrogen) atoms. The van der Waals surface area contributed by atoms with Crippen molar-refractivity contribution >= 4 is 11.9 Å². The lowest BCUT2D eigenvalue weighted by Gasteiger charge is -2.26. The van der Waals surface area contributed by atoms with Gasteiger partial charge in [0.2, 0.25) is 5.91 Å². The Morgan fingerprint density at radius 3 is 2.41 bits per heavy atom. The van der Waals surface area contributed by atoms with E-state index in [-0.39, 0.29) is 11.8 Å². The standard InChI is InChI=1S/C23H25NO3/c25-22(13-16-10-11-17-6-4-5-9-19(17)12-16)24-14-20(21(15-24)23(26)27)18-7-2-1-3-8-18/h1-9,16,20-21H,10-15H2,(H,26,27). The van der Waals surface area contributed by atoms with Crippen LogP contribution in [0.4, 0.5) is 0 Å². The smallest absolute Gasteiger partial charge is 0.308 e. The Balaban J connectivity index is 1.43. The summed E-state index contributed by atoms with van der Waals surface area (Å²) in [6.07, 6.45) is 3.52. The van der Waals surface area contributed by atoms with Gasteiger partial charge >= 0.3 is 5.97 Å². The molecule has 0 radical (unpaired) electrons. The molecular formula is C23H25NO3. The van der Waals surface area contributed by atoms with Crippen LogP contribution in [0.5, 0.6) is 0 Å². The van der Waals surface area contributed by atoms with Crippen molar-refractivity contribution in [2.24, 2.45) is 11.8 Å². The maximum atomic E-state index is 12.9. The number of carbonyl (C=O) groups excluding carboxylic acids is 1. The van der Waals surface area contributed by atoms with Gasteiger partial charge in [0.25, 0.3) is 0 Å². The molecule has 1 aliphatic carbocycles. The number of fused-ring (bicyclic) bond motifs is 1. The highest BCUT2D eigenvalue weighted by Gasteiger charge is 2.40. The van der Waals surface area contributed by atoms with Gasteiger partial charge in [-0.1, -0.05) is 54.6 Å². The summed E-state index contributed by atoms with van der Waals surface area (Å²) >= 11 is 0. The minimum absolute atomic E-state index is 0.101. The Labute approximate surface area is 159 Å². The number of hydrogen-bond acceptors (Lipinski definition) is 2. The highest BCUT2D eigenvalue weighted by atomic mass is 16.4. The van der Waals surface area contributed by atoms with Gasteiger partial charge in [0.05, 0.1) is 5.92 Å². The van der Waals surface area contributed by atoms with Crippen molar-refractivity contribution in [3.8, 4) is 0 Å². The van der Waals surface area contributed by atoms with Gasteiger partial charge in [0.1, 0.15) is 0 Å². The number of amides is 1. The lowest BCUT2D eigenvalue weighted by molar-refractivity contribution is -0.141. The summed E-state index contributed by atoms with van der Waals surface area (Å²) in [5, 5.41) is 9.64. The summed E-state index contributed by atoms with van der Waals surface area (Å²) in [7, 11) is 0. The summed E-state index contributed by atoms with van der Waals surface area (Å²) in [6, 6.07) is 18.2. The summed E-state index contributed by atoms with van der Waals surface area (Å²) in [5.41, 5.74) is 3.76. The molecule has 0 saturated carbocycles. The normalized spacial score (nSPS) is 24.4. The summed E-state index contributed by atoms with van der Waals surface area (Å²) < 4.78 is 0. The van der Waals surface area contributed by atoms with Gasteiger partial charge in [0.15, 0.2) is 0 Å². The molecule has 1 fully saturated rings. The number of aliphatic carboxylic acids is 1. The molecule has 4 rings (SSSR count). The number of carboxylic acid groups (broad SMARTS) is 1. The Kier molecular flexibility index (Phi) is 4.97. The lowest BCUT2D eigenvalue weighted by atomic mass is 9.82. The van der Waals surface area contributed by atoms with Crippen LogP contribution in [0, 0.1) is 11.8 Å². The minimum Gasteiger partial charge on any atom is -0.481 e. The van der Waals surface area contributed by atoms with Gasteiger partial charge in [-0.3, -0.25) is 9.59 Å². The van der Waals surface area contributed by atoms with E-state index in [1.807, 2.05) is 30.3 Å². The maximum absolute atomic E-state index is 12.9. The van der Waals surface area contributed by atoms with Crippen molar-refractivity contribution in [3.05, 3.63) is 71.3 Å². The van der Waals surface area contributed by atoms with Crippen LogP contribution in [0.2, 0.25) is 0 Å². The van der Waals surface area contributed by atoms with E-state index in [4.69, 9.17) is 0 Å². The first-order valence-corrected chi connectivity index (χ1v) is 9.74. The summed E-state index contributed by atoms with van der Waals surface area (Å²) in [6.45, 7) is 0.820. The van der Waals surface area contributed by atoms with E-state index < -0.39 is 11.9 Å². The van der Waals surface area contributed by atoms with Crippen molar-refractivity contribution in [2.75, 3.05) is 13.1 Å². The summed E-state index contributed by atoms with van der Waals surface area (Å²) in [5.74, 6) is -1.01. The Bertz CT molecular complexity index is 833. The largest absolute Gasteiger partial charge is 0.481 e. The van der Waals surface area contributed by atoms with Crippen LogP contribution in [0.25, 0.3) is 0 Å². The van der Waals surface area contributed by atoms with E-state index in [0.717, 1.165) is 24.8 Å². The van der Waals surface area contributed by atoms with E-state index in [1.54, 1.807) is 4.90 Å². The Hall–Kier alpha value is -2.62. The van der Waals surface area contributed by atoms with Crippen LogP contribution in [0.1, 0.15) is 35.4 Å². The lowest BCUT2D eigenvalue weighted by Crippen LogP contribution is -2.32. The third-order valence-corrected chi connectivity index (χ3v) is 6.13. The van der Waals surface area contributed by atoms with Crippen molar-refractivity contribution in [1.82, 2.24) is 4.90 Å². The Morgan fingerprint density at radius 2 is 1.67 bits per heavy atom. The van der Waals surface area contributed by atoms with Gasteiger partial charge in [-0.2, -0.15) is 0 Å². The molecule has 0 spiro atoms. The third kappa shape index (κ3) is 3.75. The maximum Gasteiger partial charge on any atom is 0.308 e. The van der Waals surface area contributed by atoms with Crippen LogP contribution in [0.3, 0.4) is 0 Å². The van der Waals surface area contributed by atoms with Gasteiger partial charge in [-0.05, 0) is 41.9 Å². The SMILES string of the molecule is O=C(O)C1CN(C(=O)CC2CCc3ccccc3C2)CC1c1ccccc1. The molecule has 4 heteroatoms. The van der Waals surface area contributed by atoms with Gasteiger partial charge in [0, 0.05) is 25.4 Å². The van der Waals surface area contributed by atoms with Crippen LogP contribution in [-0.2, 0) is 22.4 Å². The molecule has 2 aromatic rings. The molecule has 2 aliphatic rings. The third-order valence-electron chi connectivity index (χ3n) is 6.13. The van der Waals surface area contributed by atoms with E-state index in [1.165, 1.54) is 11.1 Å². The molecule has 0 aromatic heterocycles. The molecule has 1 heterocycles. The second-order valence-electron chi connectivity index (χ2n) is 7.84. The first kappa shape index (κ1) is 17.8. The molecule has 3 unspecified atom stereocenters. The quantitative estimate of drug-likeness (QED) is 0.904. The monoisotopic (exact) mass is 363 g/mol. The average Bonchev–Trinajstić information content (AvgIpc) is 3.15. The number of carboxylic acids is 1. The van der Waals surface area contributed by atoms with Crippen molar-refractivity contribution < 1.29 is 14.7 Å². The van der Waals surface area contributed by atoms with Gasteiger partial charge in [-0.15, -0.1) is 0 Å². The van der Waals surface area contributed by atoms with Crippen molar-refractivity contribution in [3.63, 3.8) is 0 Å². The second-order valence-corrected chi connectivity index (χ2v) is 7.84. The zero-order chi connectivity index (χ0) is 18.8. The first-order chi connectivity index (χ1) is 13.1. The van der Waals surface area contributed by atoms with E-state index in [2.05, 4.69) is 24.3 Å². The van der Waals surface area contributed by atoms with Gasteiger partial charge < -0.3 is 10.0 Å². The van der Waals surface area contributed by atoms with Crippen LogP contribution in [0.15, 0.2) is 54.6 Å². The van der Waals surface area contributed by atoms with Crippen LogP contribution in [-0.4, -0.2) is 35.0 Å². The number of nitrogens with zero attached hydrogens (tertiary/aromatic N) is 1. The highest BCUT2D eigenvalue weighted by Crippen LogP contribution is 2.34. The first-order valence-electron chi connectivity index (χ1n) is 9.74. The number of rotatable bonds is 4. The molecule has 1 saturated heterocycles. The fourth-order valence-corrected chi connectivity index (χ4v) is 4.62. The van der Waals surface area contributed by atoms with E-state index in [0.29, 0.717) is 25.4 Å². The predicted molar refractivity (Wildman–Crippen MR) is 103 cm³/mol. The van der Waals surface area contributed by atoms with Crippen molar-refractivity contribution in [1.29, 1.82) is 0 Å². The molecule has 140 valence electrons. The molecule has 4 nitrogen and oxygen atoms in total. The number of aryl methyl sites for hydroxylation is 1. The number of benzene rings is 2. The minimum atomic E-state index is -0.814. The molecular weight excluding hydrogens is 338 g/mol. The van der Waals surface area contributed by atoms with Crippen molar-refractivity contribution in [2.45, 2.75) is 31.6 Å². The predicted octanol–water partition coefficient (Wildman–Crippen LogP) is 3.51. The second kappa shape index (κ2) is 7.55. The molecule has 1 amide bonds. The molecule has 1 aliphatic heterocycles. The summed E-state index contributed by atoms with van der Waals surface area (Å²) in [4.78, 5) is 26.4. The van der Waals surface area contributed by atoms with Crippen LogP contribution >= 0.6 is 0 Å². The number of likely N-dealkylation sites (tertiary alicyclic amines) is 1. The number of hydrogen-bond donors (Lipinski definition) is 1. The molecule has 3 atom stereocenters. The molecule has 2 aromatic carbocycles. The fourth-order valence-electron chi connectivity index (χ4n) is 4.62. The topological polar surface area (TPSA) is 57.6 Å². The van der Waals surface area contributed by atoms with E-state index >= 15 is 0 Å². The fraction of sp³-hybridized carbons (Fsp3) is 0.391. The zero-order valence-electron chi connectivity index (χ0n) is 15.4.